The van der Waals surface area contributed by atoms with E-state index in [4.69, 9.17) is 14.2 Å². The third kappa shape index (κ3) is 12.5. The zero-order valence-corrected chi connectivity index (χ0v) is 31.1. The Bertz CT molecular complexity index is 1570. The van der Waals surface area contributed by atoms with Gasteiger partial charge in [0.1, 0.15) is 29.4 Å². The molecule has 1 fully saturated rings. The quantitative estimate of drug-likeness (QED) is 0.212. The smallest absolute Gasteiger partial charge is 0.325 e. The van der Waals surface area contributed by atoms with Crippen LogP contribution in [0.5, 0.6) is 0 Å². The molecule has 0 bridgehead atoms. The molecule has 1 aliphatic heterocycles. The van der Waals surface area contributed by atoms with Crippen molar-refractivity contribution in [2.24, 2.45) is 11.8 Å². The van der Waals surface area contributed by atoms with Crippen LogP contribution in [-0.4, -0.2) is 69.5 Å². The van der Waals surface area contributed by atoms with E-state index in [1.54, 1.807) is 46.9 Å². The van der Waals surface area contributed by atoms with E-state index in [0.29, 0.717) is 24.9 Å². The maximum atomic E-state index is 13.3. The van der Waals surface area contributed by atoms with Crippen molar-refractivity contribution in [3.8, 4) is 0 Å². The lowest BCUT2D eigenvalue weighted by Crippen LogP contribution is -2.59. The number of amides is 2. The SMILES string of the molecule is CC(C)[C@H](CC(=O)OC(C)(C)C)C(=O)N[C@@H](C)C(=O)N1CCC[C@@H](C(=O)O[C@H](C)c2cnc3ccc(/C=C/CC(=O)OC(C)(C)C)cc3c2)N1. The van der Waals surface area contributed by atoms with Gasteiger partial charge in [0, 0.05) is 23.7 Å². The third-order valence-corrected chi connectivity index (χ3v) is 7.92. The summed E-state index contributed by atoms with van der Waals surface area (Å²) in [5, 5.41) is 4.93. The van der Waals surface area contributed by atoms with Gasteiger partial charge in [0.05, 0.1) is 24.3 Å². The van der Waals surface area contributed by atoms with Gasteiger partial charge in [-0.2, -0.15) is 0 Å². The molecule has 0 radical (unpaired) electrons. The second-order valence-corrected chi connectivity index (χ2v) is 15.2. The Morgan fingerprint density at radius 1 is 0.980 bits per heavy atom. The van der Waals surface area contributed by atoms with E-state index in [2.05, 4.69) is 15.7 Å². The molecule has 0 saturated carbocycles. The molecule has 0 unspecified atom stereocenters. The van der Waals surface area contributed by atoms with E-state index >= 15 is 0 Å². The van der Waals surface area contributed by atoms with Crippen molar-refractivity contribution in [3.05, 3.63) is 47.7 Å². The van der Waals surface area contributed by atoms with Crippen LogP contribution in [0.2, 0.25) is 0 Å². The largest absolute Gasteiger partial charge is 0.460 e. The van der Waals surface area contributed by atoms with E-state index < -0.39 is 59.1 Å². The summed E-state index contributed by atoms with van der Waals surface area (Å²) in [6.45, 7) is 18.1. The molecule has 2 N–H and O–H groups in total. The molecular weight excluding hydrogens is 640 g/mol. The number of nitrogens with one attached hydrogen (secondary N) is 2. The average molecular weight is 695 g/mol. The average Bonchev–Trinajstić information content (AvgIpc) is 3.01. The molecule has 0 spiro atoms. The number of hydrazine groups is 1. The van der Waals surface area contributed by atoms with Crippen LogP contribution in [0.15, 0.2) is 36.5 Å². The number of rotatable bonds is 12. The number of ether oxygens (including phenoxy) is 3. The van der Waals surface area contributed by atoms with Gasteiger partial charge in [0.2, 0.25) is 5.91 Å². The Labute approximate surface area is 295 Å². The van der Waals surface area contributed by atoms with Gasteiger partial charge < -0.3 is 19.5 Å². The van der Waals surface area contributed by atoms with Gasteiger partial charge in [-0.1, -0.05) is 32.1 Å². The van der Waals surface area contributed by atoms with Crippen LogP contribution in [-0.2, 0) is 38.2 Å². The number of carbonyl (C=O) groups excluding carboxylic acids is 5. The van der Waals surface area contributed by atoms with Crippen LogP contribution in [0.4, 0.5) is 0 Å². The normalized spacial score (nSPS) is 17.3. The summed E-state index contributed by atoms with van der Waals surface area (Å²) in [5.74, 6) is -2.95. The number of hydrogen-bond donors (Lipinski definition) is 2. The highest BCUT2D eigenvalue weighted by Gasteiger charge is 2.34. The summed E-state index contributed by atoms with van der Waals surface area (Å²) in [6, 6.07) is 5.98. The first kappa shape index (κ1) is 40.1. The van der Waals surface area contributed by atoms with E-state index in [9.17, 15) is 24.0 Å². The number of fused-ring (bicyclic) bond motifs is 1. The molecule has 1 aromatic carbocycles. The lowest BCUT2D eigenvalue weighted by molar-refractivity contribution is -0.158. The first-order valence-electron chi connectivity index (χ1n) is 17.3. The van der Waals surface area contributed by atoms with Crippen LogP contribution < -0.4 is 10.7 Å². The summed E-state index contributed by atoms with van der Waals surface area (Å²) in [4.78, 5) is 68.7. The Hall–Kier alpha value is -4.32. The van der Waals surface area contributed by atoms with Gasteiger partial charge in [0.15, 0.2) is 0 Å². The number of benzene rings is 1. The molecule has 2 heterocycles. The lowest BCUT2D eigenvalue weighted by Gasteiger charge is -2.35. The first-order chi connectivity index (χ1) is 23.2. The van der Waals surface area contributed by atoms with Crippen LogP contribution >= 0.6 is 0 Å². The molecule has 1 saturated heterocycles. The summed E-state index contributed by atoms with van der Waals surface area (Å²) >= 11 is 0. The zero-order chi connectivity index (χ0) is 37.4. The minimum Gasteiger partial charge on any atom is -0.460 e. The van der Waals surface area contributed by atoms with Gasteiger partial charge >= 0.3 is 17.9 Å². The van der Waals surface area contributed by atoms with E-state index in [-0.39, 0.29) is 24.7 Å². The topological polar surface area (TPSA) is 153 Å². The van der Waals surface area contributed by atoms with Gasteiger partial charge in [-0.05, 0) is 97.9 Å². The number of esters is 3. The molecule has 12 nitrogen and oxygen atoms in total. The van der Waals surface area contributed by atoms with Crippen LogP contribution in [0.3, 0.4) is 0 Å². The summed E-state index contributed by atoms with van der Waals surface area (Å²) in [7, 11) is 0. The standard InChI is InChI=1S/C38H54N4O8/c1-23(2)29(21-33(44)50-38(8,9)10)34(45)40-24(3)35(46)42-18-12-14-31(41-42)36(47)48-25(4)28-20-27-19-26(16-17-30(27)39-22-28)13-11-15-32(43)49-37(5,6)7/h11,13,16-17,19-20,22-25,29,31,41H,12,14-15,18,21H2,1-10H3,(H,40,45)/b13-11+/t24-,25+,29-,31-/m0/s1. The zero-order valence-electron chi connectivity index (χ0n) is 31.1. The molecule has 274 valence electrons. The molecule has 50 heavy (non-hydrogen) atoms. The third-order valence-electron chi connectivity index (χ3n) is 7.92. The molecule has 0 aliphatic carbocycles. The van der Waals surface area contributed by atoms with Crippen molar-refractivity contribution < 1.29 is 38.2 Å². The fourth-order valence-corrected chi connectivity index (χ4v) is 5.42. The van der Waals surface area contributed by atoms with Gasteiger partial charge in [-0.3, -0.25) is 34.0 Å². The maximum absolute atomic E-state index is 13.3. The van der Waals surface area contributed by atoms with Crippen molar-refractivity contribution in [1.82, 2.24) is 20.7 Å². The highest BCUT2D eigenvalue weighted by Crippen LogP contribution is 2.24. The predicted octanol–water partition coefficient (Wildman–Crippen LogP) is 5.59. The van der Waals surface area contributed by atoms with Gasteiger partial charge in [-0.15, -0.1) is 0 Å². The van der Waals surface area contributed by atoms with Crippen molar-refractivity contribution in [2.75, 3.05) is 6.54 Å². The molecule has 1 aliphatic rings. The maximum Gasteiger partial charge on any atom is 0.325 e. The highest BCUT2D eigenvalue weighted by atomic mass is 16.6. The minimum atomic E-state index is -0.899. The fourth-order valence-electron chi connectivity index (χ4n) is 5.42. The van der Waals surface area contributed by atoms with Crippen molar-refractivity contribution in [3.63, 3.8) is 0 Å². The first-order valence-corrected chi connectivity index (χ1v) is 17.3. The Morgan fingerprint density at radius 3 is 2.28 bits per heavy atom. The van der Waals surface area contributed by atoms with Crippen molar-refractivity contribution >= 4 is 46.7 Å². The second-order valence-electron chi connectivity index (χ2n) is 15.2. The van der Waals surface area contributed by atoms with Crippen LogP contribution in [0.25, 0.3) is 17.0 Å². The Morgan fingerprint density at radius 2 is 1.64 bits per heavy atom. The molecular formula is C38H54N4O8. The summed E-state index contributed by atoms with van der Waals surface area (Å²) < 4.78 is 16.6. The molecule has 3 rings (SSSR count). The molecule has 2 aromatic rings. The number of pyridine rings is 1. The highest BCUT2D eigenvalue weighted by molar-refractivity contribution is 5.90. The Kier molecular flexibility index (Phi) is 13.7. The van der Waals surface area contributed by atoms with E-state index in [1.165, 1.54) is 5.01 Å². The molecule has 4 atom stereocenters. The predicted molar refractivity (Wildman–Crippen MR) is 190 cm³/mol. The summed E-state index contributed by atoms with van der Waals surface area (Å²) in [5.41, 5.74) is 4.12. The van der Waals surface area contributed by atoms with Crippen LogP contribution in [0, 0.1) is 11.8 Å². The molecule has 1 aromatic heterocycles. The lowest BCUT2D eigenvalue weighted by atomic mass is 9.91. The van der Waals surface area contributed by atoms with E-state index in [0.717, 1.165) is 16.5 Å². The summed E-state index contributed by atoms with van der Waals surface area (Å²) in [6.07, 6.45) is 5.73. The van der Waals surface area contributed by atoms with Crippen molar-refractivity contribution in [2.45, 2.75) is 124 Å². The van der Waals surface area contributed by atoms with E-state index in [1.807, 2.05) is 65.0 Å². The minimum absolute atomic E-state index is 0.101. The number of aromatic nitrogens is 1. The van der Waals surface area contributed by atoms with Crippen molar-refractivity contribution in [1.29, 1.82) is 0 Å². The number of nitrogens with zero attached hydrogens (tertiary/aromatic N) is 2. The Balaban J connectivity index is 1.59. The molecule has 2 amide bonds. The number of hydrogen-bond acceptors (Lipinski definition) is 10. The molecule has 12 heteroatoms. The number of carbonyl (C=O) groups is 5. The fraction of sp³-hybridized carbons (Fsp3) is 0.579. The van der Waals surface area contributed by atoms with Gasteiger partial charge in [0.25, 0.3) is 5.91 Å². The van der Waals surface area contributed by atoms with Gasteiger partial charge in [-0.25, -0.2) is 5.43 Å². The second kappa shape index (κ2) is 17.1. The van der Waals surface area contributed by atoms with Crippen LogP contribution in [0.1, 0.15) is 112 Å². The monoisotopic (exact) mass is 694 g/mol.